The van der Waals surface area contributed by atoms with Gasteiger partial charge < -0.3 is 9.47 Å². The number of aliphatic imine (C=N–C) groups is 1. The van der Waals surface area contributed by atoms with Crippen LogP contribution in [0.2, 0.25) is 5.02 Å². The minimum Gasteiger partial charge on any atom is -0.481 e. The fourth-order valence-corrected chi connectivity index (χ4v) is 1.55. The lowest BCUT2D eigenvalue weighted by atomic mass is 9.89. The highest BCUT2D eigenvalue weighted by molar-refractivity contribution is 6.30. The Morgan fingerprint density at radius 3 is 2.27 bits per heavy atom. The van der Waals surface area contributed by atoms with E-state index >= 15 is 0 Å². The average molecular weight is 326 g/mol. The maximum atomic E-state index is 12.0. The SMILES string of the molecule is CCO/C(CC(=O)C(C)(C)C)=N\C(=O)Oc1ccc(Cl)cc1. The predicted molar refractivity (Wildman–Crippen MR) is 85.6 cm³/mol. The van der Waals surface area contributed by atoms with Crippen molar-refractivity contribution in [3.63, 3.8) is 0 Å². The Morgan fingerprint density at radius 2 is 1.77 bits per heavy atom. The highest BCUT2D eigenvalue weighted by Crippen LogP contribution is 2.18. The van der Waals surface area contributed by atoms with E-state index in [0.29, 0.717) is 17.4 Å². The van der Waals surface area contributed by atoms with E-state index in [2.05, 4.69) is 4.99 Å². The first-order valence-electron chi connectivity index (χ1n) is 6.93. The molecule has 120 valence electrons. The molecule has 0 N–H and O–H groups in total. The zero-order valence-corrected chi connectivity index (χ0v) is 13.9. The van der Waals surface area contributed by atoms with Gasteiger partial charge in [-0.3, -0.25) is 4.79 Å². The summed E-state index contributed by atoms with van der Waals surface area (Å²) >= 11 is 5.75. The van der Waals surface area contributed by atoms with Crippen LogP contribution >= 0.6 is 11.6 Å². The quantitative estimate of drug-likeness (QED) is 0.612. The third-order valence-corrected chi connectivity index (χ3v) is 2.95. The minimum atomic E-state index is -0.840. The zero-order chi connectivity index (χ0) is 16.8. The second-order valence-corrected chi connectivity index (χ2v) is 6.05. The van der Waals surface area contributed by atoms with Gasteiger partial charge in [-0.2, -0.15) is 0 Å². The molecule has 1 aromatic rings. The van der Waals surface area contributed by atoms with Crippen molar-refractivity contribution in [2.45, 2.75) is 34.1 Å². The van der Waals surface area contributed by atoms with Gasteiger partial charge in [-0.25, -0.2) is 4.79 Å². The molecule has 5 nitrogen and oxygen atoms in total. The molecule has 0 bridgehead atoms. The molecular formula is C16H20ClNO4. The number of carbonyl (C=O) groups is 2. The lowest BCUT2D eigenvalue weighted by Gasteiger charge is -2.17. The second-order valence-electron chi connectivity index (χ2n) is 5.61. The second kappa shape index (κ2) is 7.94. The standard InChI is InChI=1S/C16H20ClNO4/c1-5-21-14(10-13(19)16(2,3)4)18-15(20)22-12-8-6-11(17)7-9-12/h6-9H,5,10H2,1-4H3/b18-14-. The van der Waals surface area contributed by atoms with Gasteiger partial charge in [-0.15, -0.1) is 4.99 Å². The first kappa shape index (κ1) is 18.2. The molecule has 0 fully saturated rings. The fraction of sp³-hybridized carbons (Fsp3) is 0.438. The summed E-state index contributed by atoms with van der Waals surface area (Å²) < 4.78 is 10.3. The van der Waals surface area contributed by atoms with Gasteiger partial charge in [0.2, 0.25) is 5.90 Å². The van der Waals surface area contributed by atoms with E-state index in [1.54, 1.807) is 52.0 Å². The molecule has 0 aliphatic heterocycles. The summed E-state index contributed by atoms with van der Waals surface area (Å²) in [5, 5.41) is 0.536. The number of carbonyl (C=O) groups excluding carboxylic acids is 2. The molecule has 22 heavy (non-hydrogen) atoms. The first-order valence-corrected chi connectivity index (χ1v) is 7.31. The molecule has 0 unspecified atom stereocenters. The molecule has 0 radical (unpaired) electrons. The van der Waals surface area contributed by atoms with Crippen LogP contribution < -0.4 is 4.74 Å². The van der Waals surface area contributed by atoms with Gasteiger partial charge in [0.15, 0.2) is 0 Å². The number of benzene rings is 1. The van der Waals surface area contributed by atoms with Gasteiger partial charge >= 0.3 is 6.09 Å². The lowest BCUT2D eigenvalue weighted by molar-refractivity contribution is -0.125. The van der Waals surface area contributed by atoms with Gasteiger partial charge in [0, 0.05) is 10.4 Å². The van der Waals surface area contributed by atoms with Gasteiger partial charge in [-0.1, -0.05) is 32.4 Å². The van der Waals surface area contributed by atoms with E-state index in [-0.39, 0.29) is 18.1 Å². The van der Waals surface area contributed by atoms with Gasteiger partial charge in [0.25, 0.3) is 0 Å². The molecule has 0 saturated heterocycles. The molecule has 6 heteroatoms. The topological polar surface area (TPSA) is 65.0 Å². The Bertz CT molecular complexity index is 559. The molecule has 1 rings (SSSR count). The molecule has 1 aromatic carbocycles. The molecule has 1 amide bonds. The predicted octanol–water partition coefficient (Wildman–Crippen LogP) is 4.28. The Morgan fingerprint density at radius 1 is 1.18 bits per heavy atom. The monoisotopic (exact) mass is 325 g/mol. The van der Waals surface area contributed by atoms with Crippen LogP contribution in [0.3, 0.4) is 0 Å². The van der Waals surface area contributed by atoms with Crippen molar-refractivity contribution < 1.29 is 19.1 Å². The Balaban J connectivity index is 2.77. The van der Waals surface area contributed by atoms with E-state index in [9.17, 15) is 9.59 Å². The van der Waals surface area contributed by atoms with Crippen molar-refractivity contribution in [2.24, 2.45) is 10.4 Å². The highest BCUT2D eigenvalue weighted by Gasteiger charge is 2.24. The summed E-state index contributed by atoms with van der Waals surface area (Å²) in [6.07, 6.45) is -0.889. The van der Waals surface area contributed by atoms with Crippen LogP contribution in [0.25, 0.3) is 0 Å². The highest BCUT2D eigenvalue weighted by atomic mass is 35.5. The van der Waals surface area contributed by atoms with Crippen LogP contribution in [0.5, 0.6) is 5.75 Å². The summed E-state index contributed by atoms with van der Waals surface area (Å²) in [7, 11) is 0. The van der Waals surface area contributed by atoms with Crippen molar-refractivity contribution in [2.75, 3.05) is 6.61 Å². The number of rotatable bonds is 4. The molecule has 0 saturated carbocycles. The van der Waals surface area contributed by atoms with Crippen LogP contribution in [0.1, 0.15) is 34.1 Å². The Labute approximate surface area is 135 Å². The fourth-order valence-electron chi connectivity index (χ4n) is 1.42. The molecule has 0 aliphatic rings. The van der Waals surface area contributed by atoms with Gasteiger partial charge in [-0.05, 0) is 31.2 Å². The first-order chi connectivity index (χ1) is 10.2. The summed E-state index contributed by atoms with van der Waals surface area (Å²) in [4.78, 5) is 27.5. The summed E-state index contributed by atoms with van der Waals surface area (Å²) in [6, 6.07) is 6.30. The number of hydrogen-bond acceptors (Lipinski definition) is 4. The van der Waals surface area contributed by atoms with Crippen molar-refractivity contribution in [3.05, 3.63) is 29.3 Å². The summed E-state index contributed by atoms with van der Waals surface area (Å²) in [5.74, 6) is 0.302. The molecule has 0 aromatic heterocycles. The van der Waals surface area contributed by atoms with E-state index in [0.717, 1.165) is 0 Å². The third kappa shape index (κ3) is 6.26. The Hall–Kier alpha value is -1.88. The van der Waals surface area contributed by atoms with Crippen molar-refractivity contribution in [3.8, 4) is 5.75 Å². The van der Waals surface area contributed by atoms with Crippen LogP contribution in [-0.4, -0.2) is 24.4 Å². The minimum absolute atomic E-state index is 0.0486. The smallest absolute Gasteiger partial charge is 0.442 e. The number of ketones is 1. The molecule has 0 spiro atoms. The van der Waals surface area contributed by atoms with Crippen molar-refractivity contribution in [1.29, 1.82) is 0 Å². The molecule has 0 atom stereocenters. The van der Waals surface area contributed by atoms with Crippen LogP contribution in [0, 0.1) is 5.41 Å². The van der Waals surface area contributed by atoms with E-state index in [1.165, 1.54) is 0 Å². The number of ether oxygens (including phenoxy) is 2. The van der Waals surface area contributed by atoms with Crippen molar-refractivity contribution in [1.82, 2.24) is 0 Å². The largest absolute Gasteiger partial charge is 0.481 e. The number of Topliss-reactive ketones (excluding diaryl/α,β-unsaturated/α-hetero) is 1. The Kier molecular flexibility index (Phi) is 6.56. The van der Waals surface area contributed by atoms with Crippen molar-refractivity contribution >= 4 is 29.4 Å². The maximum Gasteiger partial charge on any atom is 0.442 e. The van der Waals surface area contributed by atoms with Crippen LogP contribution in [0.15, 0.2) is 29.3 Å². The van der Waals surface area contributed by atoms with Gasteiger partial charge in [0.05, 0.1) is 13.0 Å². The average Bonchev–Trinajstić information content (AvgIpc) is 2.40. The third-order valence-electron chi connectivity index (χ3n) is 2.69. The number of amides is 1. The summed E-state index contributed by atoms with van der Waals surface area (Å²) in [6.45, 7) is 7.45. The lowest BCUT2D eigenvalue weighted by Crippen LogP contribution is -2.25. The summed E-state index contributed by atoms with van der Waals surface area (Å²) in [5.41, 5.74) is -0.530. The number of halogens is 1. The molecule has 0 heterocycles. The van der Waals surface area contributed by atoms with Gasteiger partial charge in [0.1, 0.15) is 11.5 Å². The van der Waals surface area contributed by atoms with E-state index < -0.39 is 11.5 Å². The molecular weight excluding hydrogens is 306 g/mol. The van der Waals surface area contributed by atoms with Crippen LogP contribution in [-0.2, 0) is 9.53 Å². The normalized spacial score (nSPS) is 12.0. The van der Waals surface area contributed by atoms with Crippen LogP contribution in [0.4, 0.5) is 4.79 Å². The van der Waals surface area contributed by atoms with E-state index in [1.807, 2.05) is 0 Å². The zero-order valence-electron chi connectivity index (χ0n) is 13.2. The molecule has 0 aliphatic carbocycles. The number of nitrogens with zero attached hydrogens (tertiary/aromatic N) is 1. The maximum absolute atomic E-state index is 12.0. The van der Waals surface area contributed by atoms with E-state index in [4.69, 9.17) is 21.1 Å². The number of hydrogen-bond donors (Lipinski definition) is 0.